The van der Waals surface area contributed by atoms with Crippen molar-refractivity contribution in [2.45, 2.75) is 58.0 Å². The first-order chi connectivity index (χ1) is 8.54. The highest BCUT2D eigenvalue weighted by Crippen LogP contribution is 2.25. The first-order valence-electron chi connectivity index (χ1n) is 7.17. The van der Waals surface area contributed by atoms with Crippen molar-refractivity contribution >= 4 is 5.97 Å². The zero-order valence-corrected chi connectivity index (χ0v) is 12.3. The summed E-state index contributed by atoms with van der Waals surface area (Å²) in [4.78, 5) is 14.6. The summed E-state index contributed by atoms with van der Waals surface area (Å²) in [5.41, 5.74) is -0.476. The number of rotatable bonds is 5. The second-order valence-electron chi connectivity index (χ2n) is 5.41. The molecular formula is C14H28N2O2. The molecule has 4 nitrogen and oxygen atoms in total. The van der Waals surface area contributed by atoms with Crippen LogP contribution in [-0.4, -0.2) is 49.2 Å². The fourth-order valence-corrected chi connectivity index (χ4v) is 2.52. The lowest BCUT2D eigenvalue weighted by Gasteiger charge is -2.34. The van der Waals surface area contributed by atoms with E-state index in [1.165, 1.54) is 0 Å². The molecule has 1 fully saturated rings. The lowest BCUT2D eigenvalue weighted by atomic mass is 9.89. The van der Waals surface area contributed by atoms with Crippen molar-refractivity contribution < 1.29 is 9.53 Å². The van der Waals surface area contributed by atoms with Gasteiger partial charge in [0.2, 0.25) is 0 Å². The van der Waals surface area contributed by atoms with Gasteiger partial charge in [-0.25, -0.2) is 0 Å². The number of likely N-dealkylation sites (tertiary alicyclic amines) is 1. The molecule has 0 spiro atoms. The predicted molar refractivity (Wildman–Crippen MR) is 73.6 cm³/mol. The van der Waals surface area contributed by atoms with Crippen LogP contribution in [0.4, 0.5) is 0 Å². The van der Waals surface area contributed by atoms with E-state index < -0.39 is 5.54 Å². The fourth-order valence-electron chi connectivity index (χ4n) is 2.52. The number of hydrogen-bond acceptors (Lipinski definition) is 4. The van der Waals surface area contributed by atoms with E-state index in [1.807, 2.05) is 6.92 Å². The average molecular weight is 256 g/mol. The van der Waals surface area contributed by atoms with Crippen molar-refractivity contribution in [3.05, 3.63) is 0 Å². The third-order valence-electron chi connectivity index (χ3n) is 3.86. The molecular weight excluding hydrogens is 228 g/mol. The summed E-state index contributed by atoms with van der Waals surface area (Å²) in [6.07, 6.45) is 3.78. The van der Waals surface area contributed by atoms with Gasteiger partial charge in [-0.3, -0.25) is 10.1 Å². The monoisotopic (exact) mass is 256 g/mol. The summed E-state index contributed by atoms with van der Waals surface area (Å²) in [6, 6.07) is 0.345. The molecule has 0 aromatic carbocycles. The Morgan fingerprint density at radius 3 is 2.72 bits per heavy atom. The van der Waals surface area contributed by atoms with Crippen LogP contribution in [0.3, 0.4) is 0 Å². The molecule has 0 aliphatic carbocycles. The van der Waals surface area contributed by atoms with Gasteiger partial charge in [0.15, 0.2) is 0 Å². The van der Waals surface area contributed by atoms with E-state index in [2.05, 4.69) is 31.1 Å². The van der Waals surface area contributed by atoms with E-state index >= 15 is 0 Å². The highest BCUT2D eigenvalue weighted by atomic mass is 16.5. The van der Waals surface area contributed by atoms with Crippen molar-refractivity contribution in [1.82, 2.24) is 10.2 Å². The van der Waals surface area contributed by atoms with Crippen LogP contribution in [0, 0.1) is 0 Å². The molecule has 1 heterocycles. The molecule has 18 heavy (non-hydrogen) atoms. The maximum Gasteiger partial charge on any atom is 0.326 e. The number of nitrogens with zero attached hydrogens (tertiary/aromatic N) is 1. The van der Waals surface area contributed by atoms with Crippen LogP contribution in [0.25, 0.3) is 0 Å². The third-order valence-corrected chi connectivity index (χ3v) is 3.86. The van der Waals surface area contributed by atoms with Crippen molar-refractivity contribution in [3.8, 4) is 0 Å². The average Bonchev–Trinajstić information content (AvgIpc) is 2.53. The standard InChI is InChI=1S/C14H28N2O2/c1-5-12(3)15-14(13(17)18-6-2)8-7-10-16(4)11-9-14/h12,15H,5-11H2,1-4H3. The minimum atomic E-state index is -0.476. The Morgan fingerprint density at radius 1 is 1.39 bits per heavy atom. The lowest BCUT2D eigenvalue weighted by Crippen LogP contribution is -2.56. The van der Waals surface area contributed by atoms with E-state index in [-0.39, 0.29) is 5.97 Å². The maximum absolute atomic E-state index is 12.3. The van der Waals surface area contributed by atoms with Crippen molar-refractivity contribution in [2.75, 3.05) is 26.7 Å². The number of carbonyl (C=O) groups is 1. The molecule has 0 aromatic heterocycles. The van der Waals surface area contributed by atoms with Crippen LogP contribution in [-0.2, 0) is 9.53 Å². The molecule has 0 bridgehead atoms. The number of nitrogens with one attached hydrogen (secondary N) is 1. The molecule has 2 unspecified atom stereocenters. The molecule has 1 rings (SSSR count). The quantitative estimate of drug-likeness (QED) is 0.762. The van der Waals surface area contributed by atoms with Gasteiger partial charge in [-0.1, -0.05) is 6.92 Å². The van der Waals surface area contributed by atoms with Gasteiger partial charge < -0.3 is 9.64 Å². The zero-order valence-electron chi connectivity index (χ0n) is 12.3. The van der Waals surface area contributed by atoms with Crippen LogP contribution in [0.5, 0.6) is 0 Å². The first-order valence-corrected chi connectivity index (χ1v) is 7.17. The molecule has 1 N–H and O–H groups in total. The summed E-state index contributed by atoms with van der Waals surface area (Å²) < 4.78 is 5.30. The summed E-state index contributed by atoms with van der Waals surface area (Å²) in [5.74, 6) is -0.0689. The van der Waals surface area contributed by atoms with Crippen molar-refractivity contribution in [1.29, 1.82) is 0 Å². The van der Waals surface area contributed by atoms with Gasteiger partial charge in [0.05, 0.1) is 6.61 Å². The molecule has 0 saturated carbocycles. The molecule has 4 heteroatoms. The number of esters is 1. The van der Waals surface area contributed by atoms with Gasteiger partial charge in [0.1, 0.15) is 5.54 Å². The van der Waals surface area contributed by atoms with Gasteiger partial charge in [0.25, 0.3) is 0 Å². The number of ether oxygens (including phenoxy) is 1. The Balaban J connectivity index is 2.81. The van der Waals surface area contributed by atoms with Gasteiger partial charge in [-0.05, 0) is 53.1 Å². The van der Waals surface area contributed by atoms with E-state index in [0.29, 0.717) is 12.6 Å². The highest BCUT2D eigenvalue weighted by molar-refractivity contribution is 5.81. The van der Waals surface area contributed by atoms with Crippen LogP contribution < -0.4 is 5.32 Å². The molecule has 0 radical (unpaired) electrons. The minimum Gasteiger partial charge on any atom is -0.465 e. The SMILES string of the molecule is CCOC(=O)C1(NC(C)CC)CCCN(C)CC1. The Hall–Kier alpha value is -0.610. The second kappa shape index (κ2) is 7.10. The Labute approximate surface area is 111 Å². The summed E-state index contributed by atoms with van der Waals surface area (Å²) in [5, 5.41) is 3.53. The Kier molecular flexibility index (Phi) is 6.09. The molecule has 1 saturated heterocycles. The summed E-state index contributed by atoms with van der Waals surface area (Å²) in [7, 11) is 2.12. The van der Waals surface area contributed by atoms with Gasteiger partial charge in [-0.15, -0.1) is 0 Å². The van der Waals surface area contributed by atoms with Crippen LogP contribution in [0.2, 0.25) is 0 Å². The van der Waals surface area contributed by atoms with Crippen LogP contribution in [0.15, 0.2) is 0 Å². The van der Waals surface area contributed by atoms with Crippen LogP contribution >= 0.6 is 0 Å². The van der Waals surface area contributed by atoms with Crippen LogP contribution in [0.1, 0.15) is 46.5 Å². The normalized spacial score (nSPS) is 27.6. The Morgan fingerprint density at radius 2 is 2.11 bits per heavy atom. The molecule has 1 aliphatic rings. The number of carbonyl (C=O) groups excluding carboxylic acids is 1. The molecule has 2 atom stereocenters. The predicted octanol–water partition coefficient (Wildman–Crippen LogP) is 1.79. The van der Waals surface area contributed by atoms with Crippen molar-refractivity contribution in [2.24, 2.45) is 0 Å². The van der Waals surface area contributed by atoms with Crippen molar-refractivity contribution in [3.63, 3.8) is 0 Å². The van der Waals surface area contributed by atoms with E-state index in [0.717, 1.165) is 38.8 Å². The highest BCUT2D eigenvalue weighted by Gasteiger charge is 2.41. The Bertz CT molecular complexity index is 271. The van der Waals surface area contributed by atoms with E-state index in [1.54, 1.807) is 0 Å². The van der Waals surface area contributed by atoms with E-state index in [9.17, 15) is 4.79 Å². The summed E-state index contributed by atoms with van der Waals surface area (Å²) >= 11 is 0. The maximum atomic E-state index is 12.3. The van der Waals surface area contributed by atoms with E-state index in [4.69, 9.17) is 4.74 Å². The van der Waals surface area contributed by atoms with Gasteiger partial charge in [0, 0.05) is 12.6 Å². The first kappa shape index (κ1) is 15.4. The zero-order chi connectivity index (χ0) is 13.6. The number of hydrogen-bond donors (Lipinski definition) is 1. The fraction of sp³-hybridized carbons (Fsp3) is 0.929. The summed E-state index contributed by atoms with van der Waals surface area (Å²) in [6.45, 7) is 8.61. The topological polar surface area (TPSA) is 41.6 Å². The minimum absolute atomic E-state index is 0.0689. The molecule has 0 aromatic rings. The smallest absolute Gasteiger partial charge is 0.326 e. The van der Waals surface area contributed by atoms with Gasteiger partial charge >= 0.3 is 5.97 Å². The third kappa shape index (κ3) is 3.95. The lowest BCUT2D eigenvalue weighted by molar-refractivity contribution is -0.152. The molecule has 0 amide bonds. The molecule has 106 valence electrons. The molecule has 1 aliphatic heterocycles. The largest absolute Gasteiger partial charge is 0.465 e. The van der Waals surface area contributed by atoms with Gasteiger partial charge in [-0.2, -0.15) is 0 Å². The second-order valence-corrected chi connectivity index (χ2v) is 5.41.